The largest absolute Gasteiger partial charge is 0.462 e. The van der Waals surface area contributed by atoms with Crippen LogP contribution in [0.2, 0.25) is 0 Å². The molecule has 0 radical (unpaired) electrons. The zero-order chi connectivity index (χ0) is 20.0. The van der Waals surface area contributed by atoms with Crippen molar-refractivity contribution >= 4 is 21.8 Å². The van der Waals surface area contributed by atoms with Crippen LogP contribution in [0.5, 0.6) is 5.75 Å². The predicted molar refractivity (Wildman–Crippen MR) is 119 cm³/mol. The van der Waals surface area contributed by atoms with Crippen LogP contribution < -0.4 is 9.30 Å². The maximum absolute atomic E-state index is 6.83. The van der Waals surface area contributed by atoms with Gasteiger partial charge in [-0.2, -0.15) is 4.57 Å². The third-order valence-corrected chi connectivity index (χ3v) is 6.92. The number of hydrogen-bond acceptors (Lipinski definition) is 1. The Morgan fingerprint density at radius 2 is 1.63 bits per heavy atom. The van der Waals surface area contributed by atoms with E-state index in [0.29, 0.717) is 0 Å². The summed E-state index contributed by atoms with van der Waals surface area (Å²) in [6.07, 6.45) is 2.14. The number of para-hydroxylation sites is 2. The molecule has 2 aliphatic heterocycles. The molecule has 0 spiro atoms. The van der Waals surface area contributed by atoms with Crippen molar-refractivity contribution in [3.8, 4) is 17.0 Å². The molecule has 0 aliphatic carbocycles. The Bertz CT molecular complexity index is 1510. The number of fused-ring (bicyclic) bond motifs is 8. The van der Waals surface area contributed by atoms with Crippen LogP contribution in [0.15, 0.2) is 79.0 Å². The lowest BCUT2D eigenvalue weighted by Gasteiger charge is -2.15. The minimum absolute atomic E-state index is 0.0371. The molecule has 0 N–H and O–H groups in total. The van der Waals surface area contributed by atoms with Gasteiger partial charge in [0.15, 0.2) is 18.2 Å². The molecule has 7 rings (SSSR count). The topological polar surface area (TPSA) is 18.0 Å². The van der Waals surface area contributed by atoms with Crippen molar-refractivity contribution in [2.45, 2.75) is 19.1 Å². The summed E-state index contributed by atoms with van der Waals surface area (Å²) in [6.45, 7) is 2.17. The summed E-state index contributed by atoms with van der Waals surface area (Å²) in [6, 6.07) is 26.2. The first-order valence-corrected chi connectivity index (χ1v) is 10.5. The van der Waals surface area contributed by atoms with Gasteiger partial charge in [0.25, 0.3) is 5.69 Å². The number of aromatic nitrogens is 2. The second-order valence-electron chi connectivity index (χ2n) is 8.49. The average molecular weight is 389 g/mol. The molecule has 0 saturated carbocycles. The molecule has 3 heteroatoms. The van der Waals surface area contributed by atoms with E-state index in [4.69, 9.17) is 4.74 Å². The maximum atomic E-state index is 6.83. The number of hydrogen-bond donors (Lipinski definition) is 0. The van der Waals surface area contributed by atoms with Crippen molar-refractivity contribution in [3.63, 3.8) is 0 Å². The number of ether oxygens (including phenoxy) is 1. The average Bonchev–Trinajstić information content (AvgIpc) is 3.40. The van der Waals surface area contributed by atoms with Gasteiger partial charge in [-0.3, -0.25) is 0 Å². The van der Waals surface area contributed by atoms with Gasteiger partial charge in [0.1, 0.15) is 7.05 Å². The summed E-state index contributed by atoms with van der Waals surface area (Å²) in [5.74, 6) is 1.25. The van der Waals surface area contributed by atoms with E-state index in [1.54, 1.807) is 0 Å². The molecule has 144 valence electrons. The Kier molecular flexibility index (Phi) is 2.98. The summed E-state index contributed by atoms with van der Waals surface area (Å²) in [5.41, 5.74) is 8.88. The van der Waals surface area contributed by atoms with Gasteiger partial charge in [0, 0.05) is 22.4 Å². The van der Waals surface area contributed by atoms with Gasteiger partial charge in [0.2, 0.25) is 0 Å². The molecule has 2 unspecified atom stereocenters. The fraction of sp³-hybridized carbons (Fsp3) is 0.148. The van der Waals surface area contributed by atoms with Gasteiger partial charge in [-0.25, -0.2) is 0 Å². The quantitative estimate of drug-likeness (QED) is 0.340. The van der Waals surface area contributed by atoms with Crippen LogP contribution >= 0.6 is 0 Å². The molecule has 2 aliphatic rings. The van der Waals surface area contributed by atoms with Crippen LogP contribution in [0.3, 0.4) is 0 Å². The van der Waals surface area contributed by atoms with Gasteiger partial charge >= 0.3 is 0 Å². The van der Waals surface area contributed by atoms with Crippen LogP contribution in [-0.4, -0.2) is 4.57 Å². The van der Waals surface area contributed by atoms with Crippen LogP contribution in [0.4, 0.5) is 0 Å². The summed E-state index contributed by atoms with van der Waals surface area (Å²) in [5, 5.41) is 2.63. The molecule has 2 atom stereocenters. The van der Waals surface area contributed by atoms with Crippen LogP contribution in [-0.2, 0) is 7.05 Å². The highest BCUT2D eigenvalue weighted by molar-refractivity contribution is 6.10. The van der Waals surface area contributed by atoms with Gasteiger partial charge < -0.3 is 9.30 Å². The molecule has 0 bridgehead atoms. The smallest absolute Gasteiger partial charge is 0.255 e. The maximum Gasteiger partial charge on any atom is 0.255 e. The normalized spacial score (nSPS) is 18.6. The van der Waals surface area contributed by atoms with E-state index in [2.05, 4.69) is 102 Å². The lowest BCUT2D eigenvalue weighted by Crippen LogP contribution is -2.31. The van der Waals surface area contributed by atoms with Crippen molar-refractivity contribution in [3.05, 3.63) is 95.7 Å². The van der Waals surface area contributed by atoms with Gasteiger partial charge in [-0.05, 0) is 30.2 Å². The Balaban J connectivity index is 1.54. The third-order valence-electron chi connectivity index (χ3n) is 6.92. The lowest BCUT2D eigenvalue weighted by molar-refractivity contribution is -0.660. The molecule has 3 nitrogen and oxygen atoms in total. The fourth-order valence-corrected chi connectivity index (χ4v) is 5.62. The van der Waals surface area contributed by atoms with E-state index in [0.717, 1.165) is 11.4 Å². The van der Waals surface area contributed by atoms with Crippen molar-refractivity contribution in [1.29, 1.82) is 0 Å². The molecular weight excluding hydrogens is 368 g/mol. The molecule has 5 aromatic rings. The SMILES string of the molecule is Cc1ccccc1-c1c2c(cc[n+]1C)C1c3cccc4c5ccccc5n(c34)C1O2. The van der Waals surface area contributed by atoms with Crippen LogP contribution in [0, 0.1) is 6.92 Å². The molecule has 2 aromatic heterocycles. The highest BCUT2D eigenvalue weighted by atomic mass is 16.5. The number of benzene rings is 3. The first kappa shape index (κ1) is 16.2. The zero-order valence-electron chi connectivity index (χ0n) is 17.0. The molecule has 0 saturated heterocycles. The van der Waals surface area contributed by atoms with Crippen molar-refractivity contribution in [1.82, 2.24) is 4.57 Å². The molecule has 30 heavy (non-hydrogen) atoms. The first-order chi connectivity index (χ1) is 14.7. The monoisotopic (exact) mass is 389 g/mol. The van der Waals surface area contributed by atoms with Crippen molar-refractivity contribution in [2.75, 3.05) is 0 Å². The van der Waals surface area contributed by atoms with Gasteiger partial charge in [0.05, 0.1) is 22.5 Å². The zero-order valence-corrected chi connectivity index (χ0v) is 17.0. The Labute approximate surface area is 174 Å². The van der Waals surface area contributed by atoms with Crippen molar-refractivity contribution in [2.24, 2.45) is 7.05 Å². The Hall–Kier alpha value is -3.59. The molecule has 0 amide bonds. The first-order valence-electron chi connectivity index (χ1n) is 10.5. The highest BCUT2D eigenvalue weighted by Gasteiger charge is 2.47. The number of rotatable bonds is 1. The Morgan fingerprint density at radius 3 is 2.53 bits per heavy atom. The van der Waals surface area contributed by atoms with E-state index in [1.807, 2.05) is 0 Å². The molecular formula is C27H21N2O+. The molecule has 0 fully saturated rings. The van der Waals surface area contributed by atoms with E-state index >= 15 is 0 Å². The van der Waals surface area contributed by atoms with E-state index in [1.165, 1.54) is 44.1 Å². The second-order valence-corrected chi connectivity index (χ2v) is 8.49. The number of pyridine rings is 1. The van der Waals surface area contributed by atoms with Gasteiger partial charge in [-0.15, -0.1) is 0 Å². The third kappa shape index (κ3) is 1.83. The molecule has 4 heterocycles. The van der Waals surface area contributed by atoms with Crippen molar-refractivity contribution < 1.29 is 9.30 Å². The molecule has 3 aromatic carbocycles. The summed E-state index contributed by atoms with van der Waals surface area (Å²) in [4.78, 5) is 0. The van der Waals surface area contributed by atoms with E-state index < -0.39 is 0 Å². The van der Waals surface area contributed by atoms with E-state index in [-0.39, 0.29) is 12.1 Å². The van der Waals surface area contributed by atoms with Crippen LogP contribution in [0.1, 0.15) is 28.8 Å². The van der Waals surface area contributed by atoms with Crippen LogP contribution in [0.25, 0.3) is 33.1 Å². The summed E-state index contributed by atoms with van der Waals surface area (Å²) in [7, 11) is 2.11. The number of aryl methyl sites for hydroxylation is 2. The van der Waals surface area contributed by atoms with E-state index in [9.17, 15) is 0 Å². The number of nitrogens with zero attached hydrogens (tertiary/aromatic N) is 2. The summed E-state index contributed by atoms with van der Waals surface area (Å²) >= 11 is 0. The summed E-state index contributed by atoms with van der Waals surface area (Å²) < 4.78 is 11.4. The lowest BCUT2D eigenvalue weighted by atomic mass is 9.91. The Morgan fingerprint density at radius 1 is 0.833 bits per heavy atom. The predicted octanol–water partition coefficient (Wildman–Crippen LogP) is 5.63. The standard InChI is InChI=1S/C27H21N2O/c1-16-8-3-4-9-17(16)25-26-21(14-15-28(25)2)23-20-12-7-11-19-18-10-5-6-13-22(18)29(24(19)20)27(23)30-26/h3-15,23,27H,1-2H3/q+1. The second kappa shape index (κ2) is 5.51. The minimum atomic E-state index is -0.0371. The minimum Gasteiger partial charge on any atom is -0.462 e. The highest BCUT2D eigenvalue weighted by Crippen LogP contribution is 2.57. The van der Waals surface area contributed by atoms with Gasteiger partial charge in [-0.1, -0.05) is 54.6 Å². The fourth-order valence-electron chi connectivity index (χ4n) is 5.62.